The summed E-state index contributed by atoms with van der Waals surface area (Å²) in [5.74, 6) is 1.19. The topological polar surface area (TPSA) is 89.3 Å². The van der Waals surface area contributed by atoms with Gasteiger partial charge in [0.2, 0.25) is 0 Å². The molecule has 0 aliphatic rings. The fraction of sp³-hybridized carbons (Fsp3) is 0.217. The van der Waals surface area contributed by atoms with Gasteiger partial charge in [0, 0.05) is 25.5 Å². The van der Waals surface area contributed by atoms with Crippen LogP contribution in [-0.4, -0.2) is 39.7 Å². The molecular weight excluding hydrogens is 427 g/mol. The Morgan fingerprint density at radius 2 is 1.10 bits per heavy atom. The standard InChI is InChI=1S/C23H26N2O4.Ni/c1-28-20-8-4-18(5-9-20)22(26)12-16-24-14-3-15-25-17-13-23(27)19-6-10-21(29-2)11-7-19;/h4-13,16-17,26-27H,3,14-15H2,1-2H3;/q;+2/p-2/b22-12-,23-13-,24-16?,25-17?;. The minimum absolute atomic E-state index is 0. The fourth-order valence-corrected chi connectivity index (χ4v) is 2.35. The summed E-state index contributed by atoms with van der Waals surface area (Å²) < 4.78 is 10.1. The molecule has 0 heterocycles. The molecule has 0 atom stereocenters. The van der Waals surface area contributed by atoms with Gasteiger partial charge in [0.15, 0.2) is 0 Å². The van der Waals surface area contributed by atoms with Crippen LogP contribution < -0.4 is 19.7 Å². The number of nitrogens with zero attached hydrogens (tertiary/aromatic N) is 2. The molecule has 0 saturated carbocycles. The van der Waals surface area contributed by atoms with E-state index in [1.807, 2.05) is 0 Å². The van der Waals surface area contributed by atoms with E-state index >= 15 is 0 Å². The van der Waals surface area contributed by atoms with E-state index < -0.39 is 0 Å². The molecule has 0 N–H and O–H groups in total. The van der Waals surface area contributed by atoms with E-state index in [1.54, 1.807) is 62.8 Å². The molecule has 0 bridgehead atoms. The third-order valence-electron chi connectivity index (χ3n) is 3.99. The van der Waals surface area contributed by atoms with Crippen molar-refractivity contribution in [3.05, 3.63) is 71.8 Å². The maximum absolute atomic E-state index is 12.0. The minimum atomic E-state index is -0.110. The van der Waals surface area contributed by atoms with Gasteiger partial charge < -0.3 is 19.7 Å². The zero-order chi connectivity index (χ0) is 20.9. The molecule has 0 spiro atoms. The first kappa shape index (κ1) is 25.0. The summed E-state index contributed by atoms with van der Waals surface area (Å²) in [6.45, 7) is 1.10. The molecule has 2 aromatic rings. The number of ether oxygens (including phenoxy) is 2. The molecule has 0 saturated heterocycles. The van der Waals surface area contributed by atoms with Gasteiger partial charge in [-0.15, -0.1) is 11.5 Å². The van der Waals surface area contributed by atoms with Crippen LogP contribution in [0.4, 0.5) is 0 Å². The quantitative estimate of drug-likeness (QED) is 0.240. The Morgan fingerprint density at radius 1 is 0.733 bits per heavy atom. The first-order valence-electron chi connectivity index (χ1n) is 9.17. The van der Waals surface area contributed by atoms with Gasteiger partial charge in [0.25, 0.3) is 0 Å². The molecule has 0 aromatic heterocycles. The SMILES string of the molecule is COc1ccc(/C([O-])=C/C=NCCCN=C/C=C(\[O-])c2ccc(OC)cc2)cc1.[Ni+2]. The number of hydrogen-bond donors (Lipinski definition) is 0. The number of aliphatic imine (C=N–C) groups is 2. The summed E-state index contributed by atoms with van der Waals surface area (Å²) >= 11 is 0. The molecule has 2 rings (SSSR count). The second kappa shape index (κ2) is 14.0. The summed E-state index contributed by atoms with van der Waals surface area (Å²) in [5, 5.41) is 24.0. The molecule has 6 nitrogen and oxygen atoms in total. The molecule has 0 radical (unpaired) electrons. The van der Waals surface area contributed by atoms with Gasteiger partial charge >= 0.3 is 16.5 Å². The fourth-order valence-electron chi connectivity index (χ4n) is 2.35. The molecule has 0 fully saturated rings. The first-order valence-corrected chi connectivity index (χ1v) is 9.17. The minimum Gasteiger partial charge on any atom is -0.872 e. The Bertz CT molecular complexity index is 800. The van der Waals surface area contributed by atoms with Gasteiger partial charge in [0.05, 0.1) is 14.2 Å². The van der Waals surface area contributed by atoms with Crippen molar-refractivity contribution in [1.82, 2.24) is 0 Å². The second-order valence-electron chi connectivity index (χ2n) is 5.98. The molecule has 0 amide bonds. The van der Waals surface area contributed by atoms with Gasteiger partial charge in [-0.3, -0.25) is 9.98 Å². The predicted octanol–water partition coefficient (Wildman–Crippen LogP) is 2.34. The van der Waals surface area contributed by atoms with Crippen LogP contribution in [0.3, 0.4) is 0 Å². The zero-order valence-electron chi connectivity index (χ0n) is 16.9. The average Bonchev–Trinajstić information content (AvgIpc) is 2.77. The van der Waals surface area contributed by atoms with E-state index in [1.165, 1.54) is 24.6 Å². The monoisotopic (exact) mass is 450 g/mol. The normalized spacial score (nSPS) is 12.2. The van der Waals surface area contributed by atoms with E-state index in [-0.39, 0.29) is 28.0 Å². The van der Waals surface area contributed by atoms with Crippen molar-refractivity contribution in [1.29, 1.82) is 0 Å². The number of benzene rings is 2. The van der Waals surface area contributed by atoms with Crippen LogP contribution in [0, 0.1) is 0 Å². The van der Waals surface area contributed by atoms with Crippen molar-refractivity contribution in [3.8, 4) is 11.5 Å². The molecule has 0 aliphatic carbocycles. The third-order valence-corrected chi connectivity index (χ3v) is 3.99. The van der Waals surface area contributed by atoms with E-state index in [0.717, 1.165) is 6.42 Å². The van der Waals surface area contributed by atoms with Gasteiger partial charge in [0.1, 0.15) is 11.5 Å². The van der Waals surface area contributed by atoms with Crippen molar-refractivity contribution < 1.29 is 36.2 Å². The summed E-state index contributed by atoms with van der Waals surface area (Å²) in [4.78, 5) is 8.36. The molecule has 160 valence electrons. The number of hydrogen-bond acceptors (Lipinski definition) is 6. The Labute approximate surface area is 187 Å². The van der Waals surface area contributed by atoms with Crippen LogP contribution in [0.5, 0.6) is 11.5 Å². The van der Waals surface area contributed by atoms with Gasteiger partial charge in [-0.25, -0.2) is 0 Å². The maximum Gasteiger partial charge on any atom is 2.00 e. The summed E-state index contributed by atoms with van der Waals surface area (Å²) in [6.07, 6.45) is 6.62. The van der Waals surface area contributed by atoms with Gasteiger partial charge in [-0.2, -0.15) is 0 Å². The smallest absolute Gasteiger partial charge is 0.872 e. The van der Waals surface area contributed by atoms with E-state index in [9.17, 15) is 10.2 Å². The van der Waals surface area contributed by atoms with Gasteiger partial charge in [-0.1, -0.05) is 36.4 Å². The van der Waals surface area contributed by atoms with Crippen LogP contribution in [0.2, 0.25) is 0 Å². The predicted molar refractivity (Wildman–Crippen MR) is 113 cm³/mol. The summed E-state index contributed by atoms with van der Waals surface area (Å²) in [7, 11) is 3.16. The zero-order valence-corrected chi connectivity index (χ0v) is 17.9. The number of methoxy groups -OCH3 is 2. The van der Waals surface area contributed by atoms with E-state index in [2.05, 4.69) is 9.98 Å². The summed E-state index contributed by atoms with van der Waals surface area (Å²) in [5.41, 5.74) is 1.16. The maximum atomic E-state index is 12.0. The molecular formula is C23H24N2NiO4. The molecule has 0 aliphatic heterocycles. The van der Waals surface area contributed by atoms with Gasteiger partial charge in [-0.05, 0) is 41.8 Å². The third kappa shape index (κ3) is 8.54. The van der Waals surface area contributed by atoms with Crippen LogP contribution in [0.15, 0.2) is 70.7 Å². The molecule has 2 aromatic carbocycles. The van der Waals surface area contributed by atoms with Crippen LogP contribution in [-0.2, 0) is 16.5 Å². The van der Waals surface area contributed by atoms with Crippen molar-refractivity contribution in [2.75, 3.05) is 27.3 Å². The Kier molecular flexibility index (Phi) is 11.7. The van der Waals surface area contributed by atoms with Crippen LogP contribution in [0.25, 0.3) is 11.5 Å². The van der Waals surface area contributed by atoms with Crippen LogP contribution >= 0.6 is 0 Å². The summed E-state index contributed by atoms with van der Waals surface area (Å²) in [6, 6.07) is 13.8. The molecule has 30 heavy (non-hydrogen) atoms. The Balaban J connectivity index is 0.00000450. The number of rotatable bonds is 10. The Morgan fingerprint density at radius 3 is 1.43 bits per heavy atom. The molecule has 7 heteroatoms. The average molecular weight is 451 g/mol. The first-order chi connectivity index (χ1) is 14.1. The van der Waals surface area contributed by atoms with E-state index in [4.69, 9.17) is 9.47 Å². The number of allylic oxidation sites excluding steroid dienone is 2. The van der Waals surface area contributed by atoms with Crippen molar-refractivity contribution >= 4 is 23.9 Å². The largest absolute Gasteiger partial charge is 2.00 e. The van der Waals surface area contributed by atoms with Crippen molar-refractivity contribution in [2.45, 2.75) is 6.42 Å². The Hall–Kier alpha value is -3.05. The van der Waals surface area contributed by atoms with Crippen molar-refractivity contribution in [2.24, 2.45) is 9.98 Å². The van der Waals surface area contributed by atoms with E-state index in [0.29, 0.717) is 35.7 Å². The molecule has 0 unspecified atom stereocenters. The van der Waals surface area contributed by atoms with Crippen molar-refractivity contribution in [3.63, 3.8) is 0 Å². The second-order valence-corrected chi connectivity index (χ2v) is 5.98. The van der Waals surface area contributed by atoms with Crippen LogP contribution in [0.1, 0.15) is 17.5 Å².